The molecule has 0 bridgehead atoms. The summed E-state index contributed by atoms with van der Waals surface area (Å²) in [5, 5.41) is 9.36. The fourth-order valence-electron chi connectivity index (χ4n) is 3.09. The molecule has 1 atom stereocenters. The maximum atomic E-state index is 9.36. The summed E-state index contributed by atoms with van der Waals surface area (Å²) in [5.74, 6) is 1.98. The zero-order valence-electron chi connectivity index (χ0n) is 13.8. The molecule has 124 valence electrons. The van der Waals surface area contributed by atoms with Gasteiger partial charge in [0.2, 0.25) is 5.89 Å². The van der Waals surface area contributed by atoms with Crippen LogP contribution >= 0.6 is 11.8 Å². The van der Waals surface area contributed by atoms with Crippen molar-refractivity contribution in [3.63, 3.8) is 0 Å². The maximum Gasteiger partial charge on any atom is 0.226 e. The van der Waals surface area contributed by atoms with E-state index in [1.165, 1.54) is 4.90 Å². The molecule has 1 aliphatic heterocycles. The van der Waals surface area contributed by atoms with Crippen LogP contribution in [0.15, 0.2) is 33.6 Å². The summed E-state index contributed by atoms with van der Waals surface area (Å²) < 4.78 is 5.87. The van der Waals surface area contributed by atoms with Gasteiger partial charge in [0.25, 0.3) is 0 Å². The summed E-state index contributed by atoms with van der Waals surface area (Å²) in [4.78, 5) is 8.31. The molecule has 3 rings (SSSR count). The largest absolute Gasteiger partial charge is 0.441 e. The van der Waals surface area contributed by atoms with Crippen molar-refractivity contribution in [1.82, 2.24) is 9.88 Å². The number of hydrogen-bond acceptors (Lipinski definition) is 5. The average molecular weight is 332 g/mol. The molecule has 0 aliphatic carbocycles. The van der Waals surface area contributed by atoms with Crippen molar-refractivity contribution in [2.24, 2.45) is 5.92 Å². The first-order chi connectivity index (χ1) is 11.2. The SMILES string of the molecule is CSc1ccc(-c2nc(CN3CCC[C@@H](CO)C3)c(C)o2)cc1. The zero-order valence-corrected chi connectivity index (χ0v) is 14.6. The number of likely N-dealkylation sites (tertiary alicyclic amines) is 1. The summed E-state index contributed by atoms with van der Waals surface area (Å²) in [6.45, 7) is 5.08. The third-order valence-corrected chi connectivity index (χ3v) is 5.21. The Morgan fingerprint density at radius 2 is 2.13 bits per heavy atom. The van der Waals surface area contributed by atoms with Gasteiger partial charge in [0, 0.05) is 30.2 Å². The highest BCUT2D eigenvalue weighted by Gasteiger charge is 2.21. The lowest BCUT2D eigenvalue weighted by Gasteiger charge is -2.31. The first-order valence-electron chi connectivity index (χ1n) is 8.13. The Morgan fingerprint density at radius 3 is 2.83 bits per heavy atom. The van der Waals surface area contributed by atoms with Gasteiger partial charge in [0.15, 0.2) is 0 Å². The quantitative estimate of drug-likeness (QED) is 0.848. The molecule has 1 N–H and O–H groups in total. The van der Waals surface area contributed by atoms with Gasteiger partial charge in [0.05, 0.1) is 5.69 Å². The maximum absolute atomic E-state index is 9.36. The molecule has 1 aliphatic rings. The van der Waals surface area contributed by atoms with Crippen LogP contribution in [0.3, 0.4) is 0 Å². The molecule has 2 aromatic rings. The molecule has 0 amide bonds. The van der Waals surface area contributed by atoms with Gasteiger partial charge in [-0.15, -0.1) is 11.8 Å². The number of piperidine rings is 1. The molecule has 4 nitrogen and oxygen atoms in total. The van der Waals surface area contributed by atoms with E-state index >= 15 is 0 Å². The number of aryl methyl sites for hydroxylation is 1. The van der Waals surface area contributed by atoms with E-state index in [1.54, 1.807) is 11.8 Å². The standard InChI is InChI=1S/C18H24N2O2S/c1-13-17(11-20-9-3-4-14(10-20)12-21)19-18(22-13)15-5-7-16(23-2)8-6-15/h5-8,14,21H,3-4,9-12H2,1-2H3/t14-/m1/s1. The molecule has 0 unspecified atom stereocenters. The van der Waals surface area contributed by atoms with Gasteiger partial charge in [-0.25, -0.2) is 4.98 Å². The Balaban J connectivity index is 1.72. The smallest absolute Gasteiger partial charge is 0.226 e. The highest BCUT2D eigenvalue weighted by Crippen LogP contribution is 2.26. The molecule has 0 spiro atoms. The highest BCUT2D eigenvalue weighted by molar-refractivity contribution is 7.98. The summed E-state index contributed by atoms with van der Waals surface area (Å²) in [7, 11) is 0. The number of aliphatic hydroxyl groups is 1. The van der Waals surface area contributed by atoms with Crippen LogP contribution in [0.25, 0.3) is 11.5 Å². The molecule has 23 heavy (non-hydrogen) atoms. The van der Waals surface area contributed by atoms with Gasteiger partial charge < -0.3 is 9.52 Å². The molecule has 2 heterocycles. The van der Waals surface area contributed by atoms with Crippen molar-refractivity contribution in [3.05, 3.63) is 35.7 Å². The Morgan fingerprint density at radius 1 is 1.35 bits per heavy atom. The molecule has 0 radical (unpaired) electrons. The number of thioether (sulfide) groups is 1. The highest BCUT2D eigenvalue weighted by atomic mass is 32.2. The minimum Gasteiger partial charge on any atom is -0.441 e. The second-order valence-electron chi connectivity index (χ2n) is 6.18. The summed E-state index contributed by atoms with van der Waals surface area (Å²) >= 11 is 1.73. The van der Waals surface area contributed by atoms with Gasteiger partial charge >= 0.3 is 0 Å². The van der Waals surface area contributed by atoms with Gasteiger partial charge in [0.1, 0.15) is 5.76 Å². The first kappa shape index (κ1) is 16.6. The van der Waals surface area contributed by atoms with Gasteiger partial charge in [-0.1, -0.05) is 0 Å². The van der Waals surface area contributed by atoms with Crippen molar-refractivity contribution >= 4 is 11.8 Å². The minimum absolute atomic E-state index is 0.279. The molecule has 5 heteroatoms. The Hall–Kier alpha value is -1.30. The fourth-order valence-corrected chi connectivity index (χ4v) is 3.50. The number of nitrogens with zero attached hydrogens (tertiary/aromatic N) is 2. The second kappa shape index (κ2) is 7.51. The molecule has 1 saturated heterocycles. The lowest BCUT2D eigenvalue weighted by molar-refractivity contribution is 0.115. The average Bonchev–Trinajstić information content (AvgIpc) is 2.96. The number of benzene rings is 1. The van der Waals surface area contributed by atoms with Gasteiger partial charge in [-0.05, 0) is 62.7 Å². The predicted octanol–water partition coefficient (Wildman–Crippen LogP) is 3.58. The lowest BCUT2D eigenvalue weighted by atomic mass is 9.99. The fraction of sp³-hybridized carbons (Fsp3) is 0.500. The topological polar surface area (TPSA) is 49.5 Å². The van der Waals surface area contributed by atoms with Gasteiger partial charge in [-0.3, -0.25) is 4.90 Å². The Kier molecular flexibility index (Phi) is 5.41. The van der Waals surface area contributed by atoms with Crippen molar-refractivity contribution in [3.8, 4) is 11.5 Å². The van der Waals surface area contributed by atoms with Crippen LogP contribution in [0, 0.1) is 12.8 Å². The second-order valence-corrected chi connectivity index (χ2v) is 7.06. The van der Waals surface area contributed by atoms with Crippen LogP contribution in [-0.2, 0) is 6.54 Å². The number of oxazole rings is 1. The number of aromatic nitrogens is 1. The molecular formula is C18H24N2O2S. The normalized spacial score (nSPS) is 19.2. The number of hydrogen-bond donors (Lipinski definition) is 1. The Bertz CT molecular complexity index is 639. The van der Waals surface area contributed by atoms with E-state index in [0.717, 1.165) is 49.5 Å². The van der Waals surface area contributed by atoms with E-state index in [-0.39, 0.29) is 6.61 Å². The van der Waals surface area contributed by atoms with E-state index in [1.807, 2.05) is 6.92 Å². The monoisotopic (exact) mass is 332 g/mol. The Labute approximate surface area is 141 Å². The van der Waals surface area contributed by atoms with Crippen LogP contribution < -0.4 is 0 Å². The number of rotatable bonds is 5. The molecule has 1 fully saturated rings. The molecule has 1 aromatic heterocycles. The first-order valence-corrected chi connectivity index (χ1v) is 9.36. The summed E-state index contributed by atoms with van der Waals surface area (Å²) in [5.41, 5.74) is 2.02. The predicted molar refractivity (Wildman–Crippen MR) is 93.5 cm³/mol. The van der Waals surface area contributed by atoms with E-state index in [9.17, 15) is 5.11 Å². The van der Waals surface area contributed by atoms with Gasteiger partial charge in [-0.2, -0.15) is 0 Å². The van der Waals surface area contributed by atoms with E-state index in [0.29, 0.717) is 11.8 Å². The summed E-state index contributed by atoms with van der Waals surface area (Å²) in [6, 6.07) is 8.30. The van der Waals surface area contributed by atoms with Crippen LogP contribution in [-0.4, -0.2) is 40.9 Å². The van der Waals surface area contributed by atoms with Crippen LogP contribution in [0.5, 0.6) is 0 Å². The van der Waals surface area contributed by atoms with E-state index < -0.39 is 0 Å². The number of aliphatic hydroxyl groups excluding tert-OH is 1. The van der Waals surface area contributed by atoms with Crippen LogP contribution in [0.4, 0.5) is 0 Å². The molecule has 0 saturated carbocycles. The van der Waals surface area contributed by atoms with Crippen molar-refractivity contribution in [2.75, 3.05) is 26.0 Å². The molecular weight excluding hydrogens is 308 g/mol. The van der Waals surface area contributed by atoms with E-state index in [4.69, 9.17) is 9.40 Å². The minimum atomic E-state index is 0.279. The molecule has 1 aromatic carbocycles. The third kappa shape index (κ3) is 3.97. The van der Waals surface area contributed by atoms with Crippen molar-refractivity contribution < 1.29 is 9.52 Å². The lowest BCUT2D eigenvalue weighted by Crippen LogP contribution is -2.36. The van der Waals surface area contributed by atoms with Crippen molar-refractivity contribution in [2.45, 2.75) is 31.2 Å². The third-order valence-electron chi connectivity index (χ3n) is 4.46. The summed E-state index contributed by atoms with van der Waals surface area (Å²) in [6.07, 6.45) is 4.34. The zero-order chi connectivity index (χ0) is 16.2. The van der Waals surface area contributed by atoms with Crippen LogP contribution in [0.2, 0.25) is 0 Å². The van der Waals surface area contributed by atoms with E-state index in [2.05, 4.69) is 35.4 Å². The van der Waals surface area contributed by atoms with Crippen LogP contribution in [0.1, 0.15) is 24.3 Å². The van der Waals surface area contributed by atoms with Crippen molar-refractivity contribution in [1.29, 1.82) is 0 Å².